The van der Waals surface area contributed by atoms with Gasteiger partial charge in [-0.05, 0) is 49.4 Å². The molecule has 1 aromatic rings. The van der Waals surface area contributed by atoms with Crippen molar-refractivity contribution < 1.29 is 14.3 Å². The van der Waals surface area contributed by atoms with Crippen molar-refractivity contribution in [3.05, 3.63) is 23.8 Å². The fraction of sp³-hybridized carbons (Fsp3) is 0.611. The zero-order valence-electron chi connectivity index (χ0n) is 14.4. The minimum atomic E-state index is 0.111. The van der Waals surface area contributed by atoms with Crippen molar-refractivity contribution in [3.8, 4) is 11.5 Å². The van der Waals surface area contributed by atoms with E-state index >= 15 is 0 Å². The number of nitrogens with one attached hydrogen (secondary N) is 1. The van der Waals surface area contributed by atoms with Crippen LogP contribution in [-0.4, -0.2) is 51.2 Å². The molecule has 1 saturated heterocycles. The fourth-order valence-corrected chi connectivity index (χ4v) is 3.07. The van der Waals surface area contributed by atoms with E-state index in [4.69, 9.17) is 9.47 Å². The van der Waals surface area contributed by atoms with E-state index in [9.17, 15) is 4.79 Å². The number of likely N-dealkylation sites (tertiary alicyclic amines) is 1. The number of methoxy groups -OCH3 is 2. The van der Waals surface area contributed by atoms with Crippen LogP contribution >= 0.6 is 0 Å². The van der Waals surface area contributed by atoms with E-state index in [1.807, 2.05) is 18.2 Å². The number of nitrogens with zero attached hydrogens (tertiary/aromatic N) is 1. The summed E-state index contributed by atoms with van der Waals surface area (Å²) in [6.45, 7) is 5.46. The Hall–Kier alpha value is -1.75. The second-order valence-electron chi connectivity index (χ2n) is 6.27. The van der Waals surface area contributed by atoms with Crippen molar-refractivity contribution in [2.75, 3.05) is 40.4 Å². The van der Waals surface area contributed by atoms with Crippen molar-refractivity contribution in [2.24, 2.45) is 5.92 Å². The number of benzene rings is 1. The number of carbonyl (C=O) groups excluding carboxylic acids is 1. The van der Waals surface area contributed by atoms with E-state index in [-0.39, 0.29) is 5.91 Å². The number of carbonyl (C=O) groups is 1. The van der Waals surface area contributed by atoms with Gasteiger partial charge in [0.15, 0.2) is 11.5 Å². The molecule has 5 heteroatoms. The number of hydrogen-bond acceptors (Lipinski definition) is 4. The van der Waals surface area contributed by atoms with Crippen LogP contribution in [0.25, 0.3) is 0 Å². The van der Waals surface area contributed by atoms with Crippen LogP contribution in [0, 0.1) is 5.92 Å². The molecule has 1 fully saturated rings. The SMILES string of the molecule is COc1ccc(CCNC(=O)CN2CCC[C@@H](C)C2)cc1OC. The summed E-state index contributed by atoms with van der Waals surface area (Å²) in [6, 6.07) is 5.85. The summed E-state index contributed by atoms with van der Waals surface area (Å²) in [4.78, 5) is 14.3. The molecule has 5 nitrogen and oxygen atoms in total. The Bertz CT molecular complexity index is 519. The second-order valence-corrected chi connectivity index (χ2v) is 6.27. The Morgan fingerprint density at radius 3 is 2.78 bits per heavy atom. The molecule has 1 atom stereocenters. The van der Waals surface area contributed by atoms with E-state index in [1.165, 1.54) is 12.8 Å². The van der Waals surface area contributed by atoms with Crippen LogP contribution < -0.4 is 14.8 Å². The van der Waals surface area contributed by atoms with Gasteiger partial charge in [0.25, 0.3) is 0 Å². The predicted molar refractivity (Wildman–Crippen MR) is 91.1 cm³/mol. The van der Waals surface area contributed by atoms with Crippen LogP contribution in [0.2, 0.25) is 0 Å². The smallest absolute Gasteiger partial charge is 0.234 e. The van der Waals surface area contributed by atoms with Gasteiger partial charge in [0.1, 0.15) is 0 Å². The molecule has 23 heavy (non-hydrogen) atoms. The normalized spacial score (nSPS) is 18.5. The minimum Gasteiger partial charge on any atom is -0.493 e. The standard InChI is InChI=1S/C18H28N2O3/c1-14-5-4-10-20(12-14)13-18(21)19-9-8-15-6-7-16(22-2)17(11-15)23-3/h6-7,11,14H,4-5,8-10,12-13H2,1-3H3,(H,19,21)/t14-/m1/s1. The third-order valence-corrected chi connectivity index (χ3v) is 4.29. The van der Waals surface area contributed by atoms with Gasteiger partial charge in [-0.25, -0.2) is 0 Å². The quantitative estimate of drug-likeness (QED) is 0.836. The van der Waals surface area contributed by atoms with Crippen LogP contribution in [0.15, 0.2) is 18.2 Å². The molecule has 1 heterocycles. The summed E-state index contributed by atoms with van der Waals surface area (Å²) in [5.41, 5.74) is 1.12. The zero-order valence-corrected chi connectivity index (χ0v) is 14.4. The Kier molecular flexibility index (Phi) is 6.71. The summed E-state index contributed by atoms with van der Waals surface area (Å²) < 4.78 is 10.5. The van der Waals surface area contributed by atoms with Gasteiger partial charge >= 0.3 is 0 Å². The van der Waals surface area contributed by atoms with Gasteiger partial charge in [0.05, 0.1) is 20.8 Å². The lowest BCUT2D eigenvalue weighted by molar-refractivity contribution is -0.122. The molecule has 1 aliphatic rings. The monoisotopic (exact) mass is 320 g/mol. The molecule has 2 rings (SSSR count). The second kappa shape index (κ2) is 8.77. The van der Waals surface area contributed by atoms with Gasteiger partial charge in [0, 0.05) is 13.1 Å². The van der Waals surface area contributed by atoms with Crippen LogP contribution in [0.1, 0.15) is 25.3 Å². The molecule has 0 aliphatic carbocycles. The van der Waals surface area contributed by atoms with Crippen LogP contribution in [0.4, 0.5) is 0 Å². The molecular weight excluding hydrogens is 292 g/mol. The average molecular weight is 320 g/mol. The molecule has 1 N–H and O–H groups in total. The predicted octanol–water partition coefficient (Wildman–Crippen LogP) is 2.09. The molecule has 1 aromatic carbocycles. The molecule has 0 radical (unpaired) electrons. The highest BCUT2D eigenvalue weighted by atomic mass is 16.5. The molecule has 0 spiro atoms. The lowest BCUT2D eigenvalue weighted by Gasteiger charge is -2.30. The Balaban J connectivity index is 1.75. The topological polar surface area (TPSA) is 50.8 Å². The first-order valence-corrected chi connectivity index (χ1v) is 8.32. The molecule has 0 bridgehead atoms. The van der Waals surface area contributed by atoms with Gasteiger partial charge in [-0.3, -0.25) is 9.69 Å². The lowest BCUT2D eigenvalue weighted by Crippen LogP contribution is -2.42. The Morgan fingerprint density at radius 2 is 2.09 bits per heavy atom. The minimum absolute atomic E-state index is 0.111. The summed E-state index contributed by atoms with van der Waals surface area (Å²) in [7, 11) is 3.25. The van der Waals surface area contributed by atoms with Gasteiger partial charge in [0.2, 0.25) is 5.91 Å². The van der Waals surface area contributed by atoms with Crippen molar-refractivity contribution in [2.45, 2.75) is 26.2 Å². The zero-order chi connectivity index (χ0) is 16.7. The third kappa shape index (κ3) is 5.43. The number of amides is 1. The van der Waals surface area contributed by atoms with E-state index in [1.54, 1.807) is 14.2 Å². The van der Waals surface area contributed by atoms with Crippen molar-refractivity contribution in [1.82, 2.24) is 10.2 Å². The molecule has 0 aromatic heterocycles. The first-order valence-electron chi connectivity index (χ1n) is 8.32. The maximum absolute atomic E-state index is 12.0. The Labute approximate surface area is 139 Å². The molecular formula is C18H28N2O3. The highest BCUT2D eigenvalue weighted by Crippen LogP contribution is 2.27. The van der Waals surface area contributed by atoms with Crippen molar-refractivity contribution in [3.63, 3.8) is 0 Å². The van der Waals surface area contributed by atoms with E-state index in [2.05, 4.69) is 17.1 Å². The largest absolute Gasteiger partial charge is 0.493 e. The highest BCUT2D eigenvalue weighted by molar-refractivity contribution is 5.78. The molecule has 0 unspecified atom stereocenters. The molecule has 0 saturated carbocycles. The maximum atomic E-state index is 12.0. The van der Waals surface area contributed by atoms with E-state index in [0.717, 1.165) is 36.6 Å². The Morgan fingerprint density at radius 1 is 1.30 bits per heavy atom. The fourth-order valence-electron chi connectivity index (χ4n) is 3.07. The lowest BCUT2D eigenvalue weighted by atomic mass is 10.0. The first-order chi connectivity index (χ1) is 11.1. The molecule has 1 aliphatic heterocycles. The molecule has 1 amide bonds. The van der Waals surface area contributed by atoms with E-state index < -0.39 is 0 Å². The number of rotatable bonds is 7. The van der Waals surface area contributed by atoms with Gasteiger partial charge < -0.3 is 14.8 Å². The highest BCUT2D eigenvalue weighted by Gasteiger charge is 2.18. The number of ether oxygens (including phenoxy) is 2. The van der Waals surface area contributed by atoms with Crippen LogP contribution in [0.5, 0.6) is 11.5 Å². The van der Waals surface area contributed by atoms with Crippen LogP contribution in [-0.2, 0) is 11.2 Å². The number of piperidine rings is 1. The van der Waals surface area contributed by atoms with Crippen LogP contribution in [0.3, 0.4) is 0 Å². The number of hydrogen-bond donors (Lipinski definition) is 1. The summed E-state index contributed by atoms with van der Waals surface area (Å²) >= 11 is 0. The first kappa shape index (κ1) is 17.6. The van der Waals surface area contributed by atoms with Crippen molar-refractivity contribution in [1.29, 1.82) is 0 Å². The van der Waals surface area contributed by atoms with E-state index in [0.29, 0.717) is 19.0 Å². The molecule has 128 valence electrons. The maximum Gasteiger partial charge on any atom is 0.234 e. The van der Waals surface area contributed by atoms with Gasteiger partial charge in [-0.1, -0.05) is 13.0 Å². The summed E-state index contributed by atoms with van der Waals surface area (Å²) in [5, 5.41) is 3.01. The summed E-state index contributed by atoms with van der Waals surface area (Å²) in [6.07, 6.45) is 3.25. The summed E-state index contributed by atoms with van der Waals surface area (Å²) in [5.74, 6) is 2.25. The van der Waals surface area contributed by atoms with Gasteiger partial charge in [-0.15, -0.1) is 0 Å². The van der Waals surface area contributed by atoms with Crippen molar-refractivity contribution >= 4 is 5.91 Å². The third-order valence-electron chi connectivity index (χ3n) is 4.29. The van der Waals surface area contributed by atoms with Gasteiger partial charge in [-0.2, -0.15) is 0 Å². The average Bonchev–Trinajstić information content (AvgIpc) is 2.54.